The fourth-order valence-electron chi connectivity index (χ4n) is 5.32. The lowest BCUT2D eigenvalue weighted by molar-refractivity contribution is -0.114. The highest BCUT2D eigenvalue weighted by atomic mass is 35.5. The van der Waals surface area contributed by atoms with E-state index in [2.05, 4.69) is 15.3 Å². The van der Waals surface area contributed by atoms with Crippen LogP contribution in [0.1, 0.15) is 24.1 Å². The summed E-state index contributed by atoms with van der Waals surface area (Å²) in [5.74, 6) is 1.73. The Hall–Kier alpha value is -4.70. The standard InChI is InChI=1S/C36H35Cl2N5O4/c1-22(24-11-8-10-23(16-24)17-26(44)12-9-15-42(2)3)43-28-19-32(41-31-13-6-7-14-39-31)40-21-25(28)18-27(36(43)45)33-34(37)29(46-4)20-30(47-5)35(33)38/h6-14,16,18-22H,15,17H2,1-5H3,(H,39,40,41)/b12-9+. The molecule has 1 atom stereocenters. The number of halogens is 2. The summed E-state index contributed by atoms with van der Waals surface area (Å²) in [5, 5.41) is 4.24. The molecule has 0 amide bonds. The molecule has 1 N–H and O–H groups in total. The van der Waals surface area contributed by atoms with Crippen LogP contribution in [0, 0.1) is 0 Å². The van der Waals surface area contributed by atoms with Gasteiger partial charge in [-0.3, -0.25) is 9.59 Å². The molecule has 47 heavy (non-hydrogen) atoms. The number of carbonyl (C=O) groups excluding carboxylic acids is 1. The van der Waals surface area contributed by atoms with Gasteiger partial charge < -0.3 is 24.3 Å². The van der Waals surface area contributed by atoms with Crippen molar-refractivity contribution in [3.05, 3.63) is 117 Å². The molecule has 0 fully saturated rings. The number of methoxy groups -OCH3 is 2. The van der Waals surface area contributed by atoms with Crippen molar-refractivity contribution in [2.24, 2.45) is 0 Å². The normalized spacial score (nSPS) is 12.1. The number of nitrogens with zero attached hydrogens (tertiary/aromatic N) is 4. The molecular weight excluding hydrogens is 637 g/mol. The van der Waals surface area contributed by atoms with Crippen molar-refractivity contribution in [1.82, 2.24) is 19.4 Å². The van der Waals surface area contributed by atoms with Crippen LogP contribution in [0.15, 0.2) is 90.0 Å². The van der Waals surface area contributed by atoms with Gasteiger partial charge in [-0.15, -0.1) is 0 Å². The van der Waals surface area contributed by atoms with E-state index in [1.807, 2.05) is 80.5 Å². The van der Waals surface area contributed by atoms with Gasteiger partial charge in [0.15, 0.2) is 5.78 Å². The van der Waals surface area contributed by atoms with E-state index in [-0.39, 0.29) is 38.9 Å². The first-order valence-electron chi connectivity index (χ1n) is 14.9. The zero-order valence-electron chi connectivity index (χ0n) is 26.8. The van der Waals surface area contributed by atoms with Gasteiger partial charge in [0.2, 0.25) is 0 Å². The number of fused-ring (bicyclic) bond motifs is 1. The average Bonchev–Trinajstić information content (AvgIpc) is 3.05. The third kappa shape index (κ3) is 7.49. The van der Waals surface area contributed by atoms with E-state index in [1.165, 1.54) is 14.2 Å². The minimum atomic E-state index is -0.473. The van der Waals surface area contributed by atoms with Crippen LogP contribution in [-0.4, -0.2) is 60.1 Å². The molecule has 3 aromatic heterocycles. The first-order chi connectivity index (χ1) is 22.6. The first kappa shape index (κ1) is 33.7. The van der Waals surface area contributed by atoms with Crippen molar-refractivity contribution in [1.29, 1.82) is 0 Å². The van der Waals surface area contributed by atoms with Crippen molar-refractivity contribution in [3.8, 4) is 22.6 Å². The molecule has 0 saturated carbocycles. The fourth-order valence-corrected chi connectivity index (χ4v) is 6.02. The number of pyridine rings is 3. The Morgan fingerprint density at radius 3 is 2.38 bits per heavy atom. The zero-order chi connectivity index (χ0) is 33.7. The lowest BCUT2D eigenvalue weighted by Crippen LogP contribution is -2.26. The number of rotatable bonds is 12. The maximum atomic E-state index is 14.7. The molecule has 0 bridgehead atoms. The van der Waals surface area contributed by atoms with E-state index in [0.29, 0.717) is 40.6 Å². The van der Waals surface area contributed by atoms with Gasteiger partial charge in [-0.25, -0.2) is 9.97 Å². The second-order valence-corrected chi connectivity index (χ2v) is 12.0. The molecule has 2 aromatic carbocycles. The summed E-state index contributed by atoms with van der Waals surface area (Å²) in [5.41, 5.74) is 2.50. The number of aromatic nitrogens is 3. The molecule has 0 aliphatic carbocycles. The van der Waals surface area contributed by atoms with Crippen LogP contribution in [0.4, 0.5) is 11.6 Å². The number of likely N-dealkylation sites (N-methyl/N-ethyl adjacent to an activating group) is 1. The highest BCUT2D eigenvalue weighted by Gasteiger charge is 2.25. The number of allylic oxidation sites excluding steroid dienone is 1. The quantitative estimate of drug-likeness (QED) is 0.137. The van der Waals surface area contributed by atoms with E-state index in [0.717, 1.165) is 11.1 Å². The van der Waals surface area contributed by atoms with Crippen LogP contribution in [0.25, 0.3) is 22.0 Å². The van der Waals surface area contributed by atoms with Gasteiger partial charge in [0.1, 0.15) is 23.1 Å². The SMILES string of the molecule is COc1cc(OC)c(Cl)c(-c2cc3cnc(Nc4ccccn4)cc3n(C(C)c3cccc(CC(=O)/C=C/CN(C)C)c3)c2=O)c1Cl. The number of ether oxygens (including phenoxy) is 2. The lowest BCUT2D eigenvalue weighted by Gasteiger charge is -2.22. The highest BCUT2D eigenvalue weighted by molar-refractivity contribution is 6.41. The Bertz CT molecular complexity index is 1980. The molecule has 1 unspecified atom stereocenters. The van der Waals surface area contributed by atoms with Gasteiger partial charge in [0.25, 0.3) is 5.56 Å². The number of ketones is 1. The molecule has 5 rings (SSSR count). The van der Waals surface area contributed by atoms with Gasteiger partial charge in [-0.2, -0.15) is 0 Å². The van der Waals surface area contributed by atoms with Crippen LogP contribution in [0.5, 0.6) is 11.5 Å². The summed E-state index contributed by atoms with van der Waals surface area (Å²) in [6.07, 6.45) is 7.05. The van der Waals surface area contributed by atoms with Crippen molar-refractivity contribution in [3.63, 3.8) is 0 Å². The van der Waals surface area contributed by atoms with Gasteiger partial charge in [-0.05, 0) is 56.4 Å². The maximum absolute atomic E-state index is 14.7. The summed E-state index contributed by atoms with van der Waals surface area (Å²) in [7, 11) is 6.85. The third-order valence-corrected chi connectivity index (χ3v) is 8.41. The van der Waals surface area contributed by atoms with Crippen LogP contribution < -0.4 is 20.3 Å². The second-order valence-electron chi connectivity index (χ2n) is 11.2. The molecule has 11 heteroatoms. The minimum Gasteiger partial charge on any atom is -0.495 e. The van der Waals surface area contributed by atoms with Gasteiger partial charge in [0.05, 0.1) is 41.4 Å². The fraction of sp³-hybridized carbons (Fsp3) is 0.222. The summed E-state index contributed by atoms with van der Waals surface area (Å²) in [6, 6.07) is 17.9. The maximum Gasteiger partial charge on any atom is 0.259 e. The molecule has 9 nitrogen and oxygen atoms in total. The van der Waals surface area contributed by atoms with Crippen LogP contribution in [0.3, 0.4) is 0 Å². The van der Waals surface area contributed by atoms with E-state index < -0.39 is 6.04 Å². The second kappa shape index (κ2) is 14.8. The highest BCUT2D eigenvalue weighted by Crippen LogP contribution is 2.45. The summed E-state index contributed by atoms with van der Waals surface area (Å²) in [4.78, 5) is 38.3. The van der Waals surface area contributed by atoms with E-state index >= 15 is 0 Å². The summed E-state index contributed by atoms with van der Waals surface area (Å²) < 4.78 is 12.7. The largest absolute Gasteiger partial charge is 0.495 e. The number of hydrogen-bond acceptors (Lipinski definition) is 8. The van der Waals surface area contributed by atoms with E-state index in [1.54, 1.807) is 35.2 Å². The van der Waals surface area contributed by atoms with Crippen molar-refractivity contribution < 1.29 is 14.3 Å². The molecule has 0 aliphatic rings. The third-order valence-electron chi connectivity index (χ3n) is 7.66. The average molecular weight is 673 g/mol. The summed E-state index contributed by atoms with van der Waals surface area (Å²) >= 11 is 13.6. The zero-order valence-corrected chi connectivity index (χ0v) is 28.3. The van der Waals surface area contributed by atoms with E-state index in [4.69, 9.17) is 32.7 Å². The smallest absolute Gasteiger partial charge is 0.259 e. The molecular formula is C36H35Cl2N5O4. The predicted molar refractivity (Wildman–Crippen MR) is 189 cm³/mol. The first-order valence-corrected chi connectivity index (χ1v) is 15.6. The molecule has 242 valence electrons. The van der Waals surface area contributed by atoms with Gasteiger partial charge in [-0.1, -0.05) is 59.6 Å². The topological polar surface area (TPSA) is 98.6 Å². The Kier molecular flexibility index (Phi) is 10.6. The monoisotopic (exact) mass is 671 g/mol. The number of nitrogens with one attached hydrogen (secondary N) is 1. The van der Waals surface area contributed by atoms with Crippen LogP contribution in [0.2, 0.25) is 10.0 Å². The van der Waals surface area contributed by atoms with Gasteiger partial charge in [0, 0.05) is 48.4 Å². The van der Waals surface area contributed by atoms with Crippen LogP contribution >= 0.6 is 23.2 Å². The van der Waals surface area contributed by atoms with Crippen molar-refractivity contribution in [2.75, 3.05) is 40.2 Å². The number of benzene rings is 2. The van der Waals surface area contributed by atoms with Crippen molar-refractivity contribution in [2.45, 2.75) is 19.4 Å². The Morgan fingerprint density at radius 2 is 1.72 bits per heavy atom. The van der Waals surface area contributed by atoms with Gasteiger partial charge >= 0.3 is 0 Å². The molecule has 0 aliphatic heterocycles. The summed E-state index contributed by atoms with van der Waals surface area (Å²) in [6.45, 7) is 2.61. The predicted octanol–water partition coefficient (Wildman–Crippen LogP) is 7.36. The minimum absolute atomic E-state index is 0.00571. The Labute approximate surface area is 283 Å². The molecule has 0 saturated heterocycles. The molecule has 5 aromatic rings. The Balaban J connectivity index is 1.68. The van der Waals surface area contributed by atoms with Crippen LogP contribution in [-0.2, 0) is 11.2 Å². The Morgan fingerprint density at radius 1 is 0.979 bits per heavy atom. The number of carbonyl (C=O) groups is 1. The molecule has 0 spiro atoms. The number of hydrogen-bond donors (Lipinski definition) is 1. The molecule has 3 heterocycles. The molecule has 0 radical (unpaired) electrons. The van der Waals surface area contributed by atoms with Crippen molar-refractivity contribution >= 4 is 51.5 Å². The lowest BCUT2D eigenvalue weighted by atomic mass is 9.99. The number of anilines is 2. The van der Waals surface area contributed by atoms with E-state index in [9.17, 15) is 9.59 Å².